The van der Waals surface area contributed by atoms with Gasteiger partial charge in [0.2, 0.25) is 0 Å². The average molecular weight is 348 g/mol. The number of aryl methyl sites for hydroxylation is 1. The lowest BCUT2D eigenvalue weighted by Gasteiger charge is -2.20. The number of aromatic nitrogens is 1. The molecule has 1 aliphatic heterocycles. The van der Waals surface area contributed by atoms with Crippen LogP contribution in [-0.4, -0.2) is 48.3 Å². The van der Waals surface area contributed by atoms with E-state index in [1.165, 1.54) is 4.90 Å². The van der Waals surface area contributed by atoms with Gasteiger partial charge in [0, 0.05) is 24.0 Å². The molecule has 1 N–H and O–H groups in total. The van der Waals surface area contributed by atoms with Gasteiger partial charge in [-0.1, -0.05) is 18.2 Å². The molecule has 0 aliphatic carbocycles. The molecule has 0 spiro atoms. The maximum absolute atomic E-state index is 12.9. The Balaban J connectivity index is 2.02. The Bertz CT molecular complexity index is 962. The van der Waals surface area contributed by atoms with Crippen LogP contribution in [0.1, 0.15) is 29.3 Å². The largest absolute Gasteiger partial charge is 0.337 e. The highest BCUT2D eigenvalue weighted by molar-refractivity contribution is 7.92. The van der Waals surface area contributed by atoms with E-state index in [1.54, 1.807) is 19.9 Å². The smallest absolute Gasteiger partial charge is 0.261 e. The number of amides is 1. The standard InChI is InChI=1S/C17H20N2O4S/c1-11-7-8-19(9-10-24(11,22)23)17(21)15-12(2)13-5-3-4-6-14(13)18-16(15)20/h3-6,11H,7-10H2,1-2H3,(H,18,20)/t11-/m0/s1. The minimum absolute atomic E-state index is 0.0650. The number of pyridine rings is 1. The van der Waals surface area contributed by atoms with Crippen LogP contribution in [-0.2, 0) is 9.84 Å². The quantitative estimate of drug-likeness (QED) is 0.846. The lowest BCUT2D eigenvalue weighted by molar-refractivity contribution is 0.0764. The molecule has 128 valence electrons. The zero-order chi connectivity index (χ0) is 17.5. The van der Waals surface area contributed by atoms with Gasteiger partial charge in [-0.25, -0.2) is 8.42 Å². The minimum Gasteiger partial charge on any atom is -0.337 e. The number of hydrogen-bond donors (Lipinski definition) is 1. The van der Waals surface area contributed by atoms with Crippen molar-refractivity contribution in [3.8, 4) is 0 Å². The number of fused-ring (bicyclic) bond motifs is 1. The molecule has 7 heteroatoms. The second-order valence-electron chi connectivity index (χ2n) is 6.26. The number of sulfone groups is 1. The summed E-state index contributed by atoms with van der Waals surface area (Å²) < 4.78 is 24.0. The highest BCUT2D eigenvalue weighted by atomic mass is 32.2. The van der Waals surface area contributed by atoms with Gasteiger partial charge >= 0.3 is 0 Å². The number of para-hydroxylation sites is 1. The summed E-state index contributed by atoms with van der Waals surface area (Å²) in [6, 6.07) is 7.31. The Morgan fingerprint density at radius 1 is 1.25 bits per heavy atom. The van der Waals surface area contributed by atoms with Crippen molar-refractivity contribution in [2.24, 2.45) is 0 Å². The van der Waals surface area contributed by atoms with Gasteiger partial charge < -0.3 is 9.88 Å². The van der Waals surface area contributed by atoms with E-state index in [1.807, 2.05) is 18.2 Å². The number of benzene rings is 1. The first-order valence-corrected chi connectivity index (χ1v) is 9.65. The Kier molecular flexibility index (Phi) is 4.21. The molecule has 1 aromatic heterocycles. The molecule has 0 unspecified atom stereocenters. The number of nitrogens with one attached hydrogen (secondary N) is 1. The highest BCUT2D eigenvalue weighted by Gasteiger charge is 2.30. The molecular weight excluding hydrogens is 328 g/mol. The van der Waals surface area contributed by atoms with Crippen molar-refractivity contribution in [3.63, 3.8) is 0 Å². The SMILES string of the molecule is Cc1c(C(=O)N2CC[C@H](C)S(=O)(=O)CC2)c(=O)[nH]c2ccccc12. The Morgan fingerprint density at radius 2 is 1.96 bits per heavy atom. The zero-order valence-electron chi connectivity index (χ0n) is 13.7. The van der Waals surface area contributed by atoms with Gasteiger partial charge in [-0.15, -0.1) is 0 Å². The number of aromatic amines is 1. The molecule has 1 fully saturated rings. The Hall–Kier alpha value is -2.15. The molecule has 2 heterocycles. The maximum Gasteiger partial charge on any atom is 0.261 e. The van der Waals surface area contributed by atoms with E-state index in [4.69, 9.17) is 0 Å². The van der Waals surface area contributed by atoms with E-state index < -0.39 is 26.6 Å². The second kappa shape index (κ2) is 6.05. The monoisotopic (exact) mass is 348 g/mol. The number of nitrogens with zero attached hydrogens (tertiary/aromatic N) is 1. The van der Waals surface area contributed by atoms with Crippen LogP contribution in [0, 0.1) is 6.92 Å². The third-order valence-electron chi connectivity index (χ3n) is 4.75. The average Bonchev–Trinajstić information content (AvgIpc) is 2.66. The first-order valence-electron chi connectivity index (χ1n) is 7.93. The fraction of sp³-hybridized carbons (Fsp3) is 0.412. The van der Waals surface area contributed by atoms with Crippen molar-refractivity contribution in [3.05, 3.63) is 45.7 Å². The molecule has 6 nitrogen and oxygen atoms in total. The van der Waals surface area contributed by atoms with Crippen LogP contribution in [0.25, 0.3) is 10.9 Å². The molecular formula is C17H20N2O4S. The van der Waals surface area contributed by atoms with Crippen LogP contribution in [0.3, 0.4) is 0 Å². The minimum atomic E-state index is -3.18. The van der Waals surface area contributed by atoms with E-state index in [0.29, 0.717) is 24.0 Å². The van der Waals surface area contributed by atoms with Crippen molar-refractivity contribution in [2.75, 3.05) is 18.8 Å². The van der Waals surface area contributed by atoms with Crippen molar-refractivity contribution < 1.29 is 13.2 Å². The molecule has 1 amide bonds. The van der Waals surface area contributed by atoms with Crippen LogP contribution in [0.2, 0.25) is 0 Å². The highest BCUT2D eigenvalue weighted by Crippen LogP contribution is 2.20. The summed E-state index contributed by atoms with van der Waals surface area (Å²) in [6.07, 6.45) is 0.388. The van der Waals surface area contributed by atoms with Crippen LogP contribution in [0.4, 0.5) is 0 Å². The fourth-order valence-corrected chi connectivity index (χ4v) is 4.44. The third-order valence-corrected chi connectivity index (χ3v) is 6.96. The molecule has 0 saturated carbocycles. The van der Waals surface area contributed by atoms with Gasteiger partial charge in [0.05, 0.1) is 11.0 Å². The van der Waals surface area contributed by atoms with E-state index in [-0.39, 0.29) is 17.9 Å². The molecule has 3 rings (SSSR count). The molecule has 0 radical (unpaired) electrons. The summed E-state index contributed by atoms with van der Waals surface area (Å²) in [5, 5.41) is 0.350. The Labute approximate surface area is 140 Å². The number of hydrogen-bond acceptors (Lipinski definition) is 4. The summed E-state index contributed by atoms with van der Waals surface area (Å²) in [7, 11) is -3.18. The van der Waals surface area contributed by atoms with Crippen molar-refractivity contribution >= 4 is 26.6 Å². The maximum atomic E-state index is 12.9. The van der Waals surface area contributed by atoms with Gasteiger partial charge in [-0.05, 0) is 31.9 Å². The van der Waals surface area contributed by atoms with Crippen molar-refractivity contribution in [2.45, 2.75) is 25.5 Å². The van der Waals surface area contributed by atoms with Gasteiger partial charge in [0.15, 0.2) is 9.84 Å². The van der Waals surface area contributed by atoms with Gasteiger partial charge in [-0.3, -0.25) is 9.59 Å². The van der Waals surface area contributed by atoms with E-state index in [9.17, 15) is 18.0 Å². The molecule has 1 aliphatic rings. The summed E-state index contributed by atoms with van der Waals surface area (Å²) in [4.78, 5) is 29.5. The van der Waals surface area contributed by atoms with E-state index in [0.717, 1.165) is 5.39 Å². The summed E-state index contributed by atoms with van der Waals surface area (Å²) in [5.74, 6) is -0.464. The molecule has 24 heavy (non-hydrogen) atoms. The van der Waals surface area contributed by atoms with Crippen LogP contribution < -0.4 is 5.56 Å². The fourth-order valence-electron chi connectivity index (χ4n) is 3.10. The number of rotatable bonds is 1. The van der Waals surface area contributed by atoms with Crippen molar-refractivity contribution in [1.29, 1.82) is 0 Å². The van der Waals surface area contributed by atoms with Gasteiger partial charge in [-0.2, -0.15) is 0 Å². The first kappa shape index (κ1) is 16.7. The summed E-state index contributed by atoms with van der Waals surface area (Å²) in [5.41, 5.74) is 0.972. The molecule has 2 aromatic rings. The zero-order valence-corrected chi connectivity index (χ0v) is 14.5. The lowest BCUT2D eigenvalue weighted by atomic mass is 10.0. The predicted octanol–water partition coefficient (Wildman–Crippen LogP) is 1.49. The number of H-pyrrole nitrogens is 1. The van der Waals surface area contributed by atoms with Crippen LogP contribution >= 0.6 is 0 Å². The summed E-state index contributed by atoms with van der Waals surface area (Å²) >= 11 is 0. The van der Waals surface area contributed by atoms with Crippen LogP contribution in [0.5, 0.6) is 0 Å². The molecule has 1 aromatic carbocycles. The van der Waals surface area contributed by atoms with Crippen LogP contribution in [0.15, 0.2) is 29.1 Å². The predicted molar refractivity (Wildman–Crippen MR) is 93.1 cm³/mol. The Morgan fingerprint density at radius 3 is 2.71 bits per heavy atom. The number of carbonyl (C=O) groups is 1. The summed E-state index contributed by atoms with van der Waals surface area (Å²) in [6.45, 7) is 3.88. The lowest BCUT2D eigenvalue weighted by Crippen LogP contribution is -2.37. The van der Waals surface area contributed by atoms with Gasteiger partial charge in [0.1, 0.15) is 5.56 Å². The van der Waals surface area contributed by atoms with Crippen molar-refractivity contribution in [1.82, 2.24) is 9.88 Å². The third kappa shape index (κ3) is 2.84. The molecule has 1 saturated heterocycles. The van der Waals surface area contributed by atoms with E-state index >= 15 is 0 Å². The van der Waals surface area contributed by atoms with Gasteiger partial charge in [0.25, 0.3) is 11.5 Å². The van der Waals surface area contributed by atoms with E-state index in [2.05, 4.69) is 4.98 Å². The topological polar surface area (TPSA) is 87.3 Å². The molecule has 0 bridgehead atoms. The second-order valence-corrected chi connectivity index (χ2v) is 8.80. The normalized spacial score (nSPS) is 20.8. The first-order chi connectivity index (χ1) is 11.3. The number of carbonyl (C=O) groups excluding carboxylic acids is 1. The molecule has 1 atom stereocenters.